The molecular weight excluding hydrogens is 264 g/mol. The molecule has 1 N–H and O–H groups in total. The maximum absolute atomic E-state index is 11.7. The fraction of sp³-hybridized carbons (Fsp3) is 0.385. The first-order valence-electron chi connectivity index (χ1n) is 6.07. The zero-order chi connectivity index (χ0) is 13.9. The number of carbonyl (C=O) groups is 1. The molecule has 1 heterocycles. The van der Waals surface area contributed by atoms with Gasteiger partial charge in [-0.25, -0.2) is 13.8 Å². The molecule has 1 atom stereocenters. The topological polar surface area (TPSA) is 75.6 Å². The SMILES string of the molecule is Cc1ccccc1/C=N\NC(=O)[C@@H]1CCS(=O)(=O)C1. The molecule has 1 amide bonds. The Balaban J connectivity index is 1.93. The van der Waals surface area contributed by atoms with E-state index in [0.717, 1.165) is 11.1 Å². The average molecular weight is 280 g/mol. The second-order valence-electron chi connectivity index (χ2n) is 4.69. The second-order valence-corrected chi connectivity index (χ2v) is 6.92. The molecule has 0 unspecified atom stereocenters. The van der Waals surface area contributed by atoms with Crippen LogP contribution in [0.5, 0.6) is 0 Å². The van der Waals surface area contributed by atoms with E-state index in [-0.39, 0.29) is 17.4 Å². The monoisotopic (exact) mass is 280 g/mol. The second kappa shape index (κ2) is 5.52. The predicted octanol–water partition coefficient (Wildman–Crippen LogP) is 0.880. The number of carbonyl (C=O) groups excluding carboxylic acids is 1. The Morgan fingerprint density at radius 3 is 2.79 bits per heavy atom. The van der Waals surface area contributed by atoms with Crippen LogP contribution in [0.2, 0.25) is 0 Å². The summed E-state index contributed by atoms with van der Waals surface area (Å²) in [5.41, 5.74) is 4.38. The number of hydrogen-bond donors (Lipinski definition) is 1. The minimum atomic E-state index is -3.04. The number of rotatable bonds is 3. The third-order valence-corrected chi connectivity index (χ3v) is 4.94. The fourth-order valence-corrected chi connectivity index (χ4v) is 3.73. The zero-order valence-electron chi connectivity index (χ0n) is 10.7. The lowest BCUT2D eigenvalue weighted by atomic mass is 10.1. The van der Waals surface area contributed by atoms with Crippen LogP contribution in [-0.4, -0.2) is 32.0 Å². The number of amides is 1. The van der Waals surface area contributed by atoms with Crippen molar-refractivity contribution in [2.24, 2.45) is 11.0 Å². The lowest BCUT2D eigenvalue weighted by Gasteiger charge is -2.04. The van der Waals surface area contributed by atoms with E-state index >= 15 is 0 Å². The highest BCUT2D eigenvalue weighted by Crippen LogP contribution is 2.18. The van der Waals surface area contributed by atoms with Gasteiger partial charge in [-0.15, -0.1) is 0 Å². The Morgan fingerprint density at radius 2 is 2.16 bits per heavy atom. The highest BCUT2D eigenvalue weighted by Gasteiger charge is 2.32. The van der Waals surface area contributed by atoms with Gasteiger partial charge in [-0.05, 0) is 24.5 Å². The van der Waals surface area contributed by atoms with Crippen LogP contribution < -0.4 is 5.43 Å². The number of hydrogen-bond acceptors (Lipinski definition) is 4. The first-order valence-corrected chi connectivity index (χ1v) is 7.89. The maximum atomic E-state index is 11.7. The summed E-state index contributed by atoms with van der Waals surface area (Å²) >= 11 is 0. The van der Waals surface area contributed by atoms with Crippen molar-refractivity contribution in [3.63, 3.8) is 0 Å². The lowest BCUT2D eigenvalue weighted by molar-refractivity contribution is -0.124. The third kappa shape index (κ3) is 3.64. The van der Waals surface area contributed by atoms with E-state index in [2.05, 4.69) is 10.5 Å². The van der Waals surface area contributed by atoms with E-state index in [0.29, 0.717) is 6.42 Å². The van der Waals surface area contributed by atoms with E-state index in [1.165, 1.54) is 0 Å². The molecule has 0 radical (unpaired) electrons. The molecule has 0 saturated carbocycles. The summed E-state index contributed by atoms with van der Waals surface area (Å²) in [6.07, 6.45) is 1.95. The average Bonchev–Trinajstić information content (AvgIpc) is 2.72. The van der Waals surface area contributed by atoms with Gasteiger partial charge in [-0.1, -0.05) is 24.3 Å². The van der Waals surface area contributed by atoms with Crippen molar-refractivity contribution in [1.29, 1.82) is 0 Å². The van der Waals surface area contributed by atoms with E-state index < -0.39 is 15.8 Å². The normalized spacial score (nSPS) is 21.6. The number of nitrogens with one attached hydrogen (secondary N) is 1. The number of sulfone groups is 1. The molecule has 0 spiro atoms. The van der Waals surface area contributed by atoms with Crippen LogP contribution in [-0.2, 0) is 14.6 Å². The molecule has 19 heavy (non-hydrogen) atoms. The van der Waals surface area contributed by atoms with Crippen LogP contribution >= 0.6 is 0 Å². The molecule has 0 aromatic heterocycles. The minimum absolute atomic E-state index is 0.0707. The van der Waals surface area contributed by atoms with Gasteiger partial charge in [0.15, 0.2) is 9.84 Å². The number of aryl methyl sites for hydroxylation is 1. The molecule has 102 valence electrons. The van der Waals surface area contributed by atoms with Crippen molar-refractivity contribution < 1.29 is 13.2 Å². The molecule has 1 aromatic carbocycles. The van der Waals surface area contributed by atoms with Crippen LogP contribution in [0, 0.1) is 12.8 Å². The zero-order valence-corrected chi connectivity index (χ0v) is 11.5. The first-order chi connectivity index (χ1) is 8.98. The summed E-state index contributed by atoms with van der Waals surface area (Å²) < 4.78 is 22.5. The number of nitrogens with zero attached hydrogens (tertiary/aromatic N) is 1. The largest absolute Gasteiger partial charge is 0.273 e. The van der Waals surface area contributed by atoms with E-state index in [1.54, 1.807) is 6.21 Å². The highest BCUT2D eigenvalue weighted by molar-refractivity contribution is 7.91. The van der Waals surface area contributed by atoms with Crippen molar-refractivity contribution in [1.82, 2.24) is 5.43 Å². The molecule has 5 nitrogen and oxygen atoms in total. The molecule has 1 saturated heterocycles. The molecule has 0 aliphatic carbocycles. The van der Waals surface area contributed by atoms with Crippen LogP contribution in [0.1, 0.15) is 17.5 Å². The van der Waals surface area contributed by atoms with E-state index in [4.69, 9.17) is 0 Å². The summed E-state index contributed by atoms with van der Waals surface area (Å²) in [5, 5.41) is 3.88. The summed E-state index contributed by atoms with van der Waals surface area (Å²) in [6, 6.07) is 7.66. The summed E-state index contributed by atoms with van der Waals surface area (Å²) in [5.74, 6) is -0.782. The molecular formula is C13H16N2O3S. The van der Waals surface area contributed by atoms with Crippen LogP contribution in [0.4, 0.5) is 0 Å². The summed E-state index contributed by atoms with van der Waals surface area (Å²) in [7, 11) is -3.04. The Hall–Kier alpha value is -1.69. The van der Waals surface area contributed by atoms with Gasteiger partial charge < -0.3 is 0 Å². The van der Waals surface area contributed by atoms with Crippen LogP contribution in [0.3, 0.4) is 0 Å². The predicted molar refractivity (Wildman–Crippen MR) is 73.7 cm³/mol. The fourth-order valence-electron chi connectivity index (χ4n) is 1.99. The van der Waals surface area contributed by atoms with Gasteiger partial charge in [-0.2, -0.15) is 5.10 Å². The lowest BCUT2D eigenvalue weighted by Crippen LogP contribution is -2.27. The van der Waals surface area contributed by atoms with Crippen molar-refractivity contribution in [3.8, 4) is 0 Å². The van der Waals surface area contributed by atoms with Gasteiger partial charge in [0, 0.05) is 0 Å². The Morgan fingerprint density at radius 1 is 1.42 bits per heavy atom. The molecule has 0 bridgehead atoms. The van der Waals surface area contributed by atoms with Gasteiger partial charge in [0.2, 0.25) is 5.91 Å². The van der Waals surface area contributed by atoms with Crippen LogP contribution in [0.15, 0.2) is 29.4 Å². The number of hydrazone groups is 1. The van der Waals surface area contributed by atoms with Gasteiger partial charge in [0.25, 0.3) is 0 Å². The van der Waals surface area contributed by atoms with E-state index in [1.807, 2.05) is 31.2 Å². The molecule has 1 aliphatic heterocycles. The standard InChI is InChI=1S/C13H16N2O3S/c1-10-4-2-3-5-11(10)8-14-15-13(16)12-6-7-19(17,18)9-12/h2-5,8,12H,6-7,9H2,1H3,(H,15,16)/b14-8-/t12-/m1/s1. The molecule has 1 aliphatic rings. The first kappa shape index (κ1) is 13.7. The molecule has 1 aromatic rings. The van der Waals surface area contributed by atoms with E-state index in [9.17, 15) is 13.2 Å². The van der Waals surface area contributed by atoms with Gasteiger partial charge in [0.1, 0.15) is 0 Å². The van der Waals surface area contributed by atoms with Crippen molar-refractivity contribution in [3.05, 3.63) is 35.4 Å². The molecule has 2 rings (SSSR count). The van der Waals surface area contributed by atoms with Crippen molar-refractivity contribution in [2.75, 3.05) is 11.5 Å². The Bertz CT molecular complexity index is 608. The Labute approximate surface area is 112 Å². The van der Waals surface area contributed by atoms with Crippen LogP contribution in [0.25, 0.3) is 0 Å². The smallest absolute Gasteiger partial charge is 0.244 e. The number of benzene rings is 1. The van der Waals surface area contributed by atoms with Gasteiger partial charge in [0.05, 0.1) is 23.6 Å². The quantitative estimate of drug-likeness (QED) is 0.659. The molecule has 6 heteroatoms. The maximum Gasteiger partial charge on any atom is 0.244 e. The summed E-state index contributed by atoms with van der Waals surface area (Å²) in [4.78, 5) is 11.7. The van der Waals surface area contributed by atoms with Gasteiger partial charge in [-0.3, -0.25) is 4.79 Å². The summed E-state index contributed by atoms with van der Waals surface area (Å²) in [6.45, 7) is 1.95. The third-order valence-electron chi connectivity index (χ3n) is 3.17. The highest BCUT2D eigenvalue weighted by atomic mass is 32.2. The molecule has 1 fully saturated rings. The Kier molecular flexibility index (Phi) is 3.99. The van der Waals surface area contributed by atoms with Gasteiger partial charge >= 0.3 is 0 Å². The minimum Gasteiger partial charge on any atom is -0.273 e. The van der Waals surface area contributed by atoms with Crippen molar-refractivity contribution >= 4 is 22.0 Å². The van der Waals surface area contributed by atoms with Crippen molar-refractivity contribution in [2.45, 2.75) is 13.3 Å².